The average Bonchev–Trinajstić information content (AvgIpc) is 3.07. The van der Waals surface area contributed by atoms with Crippen molar-refractivity contribution in [1.82, 2.24) is 14.9 Å². The first-order valence-electron chi connectivity index (χ1n) is 18.3. The standard InChI is InChI=1S/C30H49N3.C10H15BrO4/c1-2-3-4-5-6-7-8-9-10-11-12-13-14-15-16-21-26-33(27-29-22-17-19-24-31-29)28-30-23-18-20-25-32-30;1-7(2)8(12)14-5-6-15-9(13)10(3,4)11/h17-20,22-25H,2-16,21,26-28H2,1H3;1,5-6H2,2-4H3. The van der Waals surface area contributed by atoms with Gasteiger partial charge in [-0.15, -0.1) is 0 Å². The van der Waals surface area contributed by atoms with Crippen molar-refractivity contribution in [3.63, 3.8) is 0 Å². The summed E-state index contributed by atoms with van der Waals surface area (Å²) in [6.45, 7) is 13.6. The molecule has 2 aromatic rings. The van der Waals surface area contributed by atoms with Crippen molar-refractivity contribution in [2.24, 2.45) is 0 Å². The summed E-state index contributed by atoms with van der Waals surface area (Å²) in [6.07, 6.45) is 26.4. The first kappa shape index (κ1) is 43.4. The van der Waals surface area contributed by atoms with Gasteiger partial charge in [-0.05, 0) is 58.0 Å². The van der Waals surface area contributed by atoms with Gasteiger partial charge in [0.25, 0.3) is 0 Å². The number of ether oxygens (including phenoxy) is 2. The van der Waals surface area contributed by atoms with Crippen LogP contribution in [0.3, 0.4) is 0 Å². The van der Waals surface area contributed by atoms with E-state index in [1.54, 1.807) is 20.8 Å². The van der Waals surface area contributed by atoms with E-state index in [1.807, 2.05) is 24.5 Å². The van der Waals surface area contributed by atoms with Gasteiger partial charge in [0.05, 0.1) is 11.4 Å². The zero-order valence-corrected chi connectivity index (χ0v) is 32.1. The Morgan fingerprint density at radius 2 is 1.12 bits per heavy atom. The van der Waals surface area contributed by atoms with Crippen molar-refractivity contribution < 1.29 is 19.1 Å². The maximum Gasteiger partial charge on any atom is 0.333 e. The predicted octanol–water partition coefficient (Wildman–Crippen LogP) is 10.6. The minimum atomic E-state index is -0.717. The summed E-state index contributed by atoms with van der Waals surface area (Å²) in [5.74, 6) is -0.877. The lowest BCUT2D eigenvalue weighted by Crippen LogP contribution is -2.28. The second kappa shape index (κ2) is 28.3. The monoisotopic (exact) mass is 729 g/mol. The average molecular weight is 731 g/mol. The molecule has 2 rings (SSSR count). The van der Waals surface area contributed by atoms with Gasteiger partial charge in [-0.3, -0.25) is 19.7 Å². The van der Waals surface area contributed by atoms with Gasteiger partial charge in [-0.1, -0.05) is 138 Å². The SMILES string of the molecule is C=C(C)C(=O)OCCOC(=O)C(C)(C)Br.CCCCCCCCCCCCCCCCCCN(Cc1ccccn1)Cc1ccccn1. The largest absolute Gasteiger partial charge is 0.461 e. The summed E-state index contributed by atoms with van der Waals surface area (Å²) in [6, 6.07) is 12.4. The molecule has 7 nitrogen and oxygen atoms in total. The molecule has 0 aliphatic rings. The summed E-state index contributed by atoms with van der Waals surface area (Å²) in [5, 5.41) is 0. The number of halogens is 1. The molecule has 0 bridgehead atoms. The number of esters is 2. The summed E-state index contributed by atoms with van der Waals surface area (Å²) in [5.41, 5.74) is 2.61. The van der Waals surface area contributed by atoms with E-state index in [4.69, 9.17) is 9.47 Å². The molecule has 0 fully saturated rings. The molecular weight excluding hydrogens is 666 g/mol. The van der Waals surface area contributed by atoms with E-state index >= 15 is 0 Å². The van der Waals surface area contributed by atoms with Crippen LogP contribution in [0.4, 0.5) is 0 Å². The van der Waals surface area contributed by atoms with Gasteiger partial charge in [0.1, 0.15) is 17.5 Å². The fourth-order valence-electron chi connectivity index (χ4n) is 5.10. The number of rotatable bonds is 26. The Labute approximate surface area is 300 Å². The Morgan fingerprint density at radius 3 is 1.50 bits per heavy atom. The number of alkyl halides is 1. The quantitative estimate of drug-likeness (QED) is 0.0412. The van der Waals surface area contributed by atoms with Gasteiger partial charge in [0.15, 0.2) is 0 Å². The lowest BCUT2D eigenvalue weighted by atomic mass is 10.0. The van der Waals surface area contributed by atoms with Crippen molar-refractivity contribution in [2.75, 3.05) is 19.8 Å². The highest BCUT2D eigenvalue weighted by Gasteiger charge is 2.25. The highest BCUT2D eigenvalue weighted by molar-refractivity contribution is 9.10. The van der Waals surface area contributed by atoms with Crippen LogP contribution in [0.15, 0.2) is 60.9 Å². The van der Waals surface area contributed by atoms with Crippen molar-refractivity contribution in [3.8, 4) is 0 Å². The number of nitrogens with zero attached hydrogens (tertiary/aromatic N) is 3. The third-order valence-corrected chi connectivity index (χ3v) is 8.26. The molecule has 0 unspecified atom stereocenters. The van der Waals surface area contributed by atoms with E-state index in [2.05, 4.69) is 68.6 Å². The van der Waals surface area contributed by atoms with Gasteiger partial charge in [0.2, 0.25) is 0 Å². The third kappa shape index (κ3) is 24.5. The maximum atomic E-state index is 11.2. The molecule has 270 valence electrons. The Kier molecular flexibility index (Phi) is 25.6. The Hall–Kier alpha value is -2.58. The summed E-state index contributed by atoms with van der Waals surface area (Å²) < 4.78 is 8.86. The molecular formula is C40H64BrN3O4. The number of carbonyl (C=O) groups is 2. The molecule has 2 heterocycles. The van der Waals surface area contributed by atoms with E-state index in [0.29, 0.717) is 5.57 Å². The molecule has 8 heteroatoms. The highest BCUT2D eigenvalue weighted by Crippen LogP contribution is 2.17. The predicted molar refractivity (Wildman–Crippen MR) is 202 cm³/mol. The first-order valence-corrected chi connectivity index (χ1v) is 19.1. The van der Waals surface area contributed by atoms with Crippen molar-refractivity contribution in [3.05, 3.63) is 72.3 Å². The summed E-state index contributed by atoms with van der Waals surface area (Å²) >= 11 is 3.15. The highest BCUT2D eigenvalue weighted by atomic mass is 79.9. The van der Waals surface area contributed by atoms with Crippen molar-refractivity contribution in [2.45, 2.75) is 148 Å². The Morgan fingerprint density at radius 1 is 0.708 bits per heavy atom. The first-order chi connectivity index (χ1) is 23.1. The Bertz CT molecular complexity index is 1050. The Balaban J connectivity index is 0.000000646. The molecule has 0 saturated heterocycles. The number of hydrogen-bond acceptors (Lipinski definition) is 7. The molecule has 2 aromatic heterocycles. The van der Waals surface area contributed by atoms with E-state index in [9.17, 15) is 9.59 Å². The van der Waals surface area contributed by atoms with Crippen LogP contribution in [0.2, 0.25) is 0 Å². The van der Waals surface area contributed by atoms with Crippen LogP contribution in [0.25, 0.3) is 0 Å². The van der Waals surface area contributed by atoms with E-state index in [0.717, 1.165) is 31.0 Å². The third-order valence-electron chi connectivity index (χ3n) is 7.93. The molecule has 0 N–H and O–H groups in total. The normalized spacial score (nSPS) is 11.1. The number of pyridine rings is 2. The zero-order valence-electron chi connectivity index (χ0n) is 30.5. The lowest BCUT2D eigenvalue weighted by Gasteiger charge is -2.21. The molecule has 0 aliphatic heterocycles. The van der Waals surface area contributed by atoms with Gasteiger partial charge in [0, 0.05) is 31.1 Å². The number of carbonyl (C=O) groups excluding carboxylic acids is 2. The van der Waals surface area contributed by atoms with Crippen LogP contribution in [0.1, 0.15) is 142 Å². The van der Waals surface area contributed by atoms with Gasteiger partial charge >= 0.3 is 11.9 Å². The van der Waals surface area contributed by atoms with E-state index < -0.39 is 16.3 Å². The van der Waals surface area contributed by atoms with Crippen LogP contribution in [-0.4, -0.2) is 50.9 Å². The van der Waals surface area contributed by atoms with Crippen molar-refractivity contribution >= 4 is 27.9 Å². The van der Waals surface area contributed by atoms with E-state index in [1.165, 1.54) is 103 Å². The number of aromatic nitrogens is 2. The number of hydrogen-bond donors (Lipinski definition) is 0. The smallest absolute Gasteiger partial charge is 0.333 e. The molecule has 0 spiro atoms. The molecule has 0 radical (unpaired) electrons. The minimum absolute atomic E-state index is 0.0422. The van der Waals surface area contributed by atoms with Crippen LogP contribution in [0.5, 0.6) is 0 Å². The van der Waals surface area contributed by atoms with Crippen LogP contribution in [0, 0.1) is 0 Å². The molecule has 0 saturated carbocycles. The van der Waals surface area contributed by atoms with Crippen LogP contribution >= 0.6 is 15.9 Å². The van der Waals surface area contributed by atoms with Gasteiger partial charge < -0.3 is 9.47 Å². The molecule has 0 aliphatic carbocycles. The van der Waals surface area contributed by atoms with Crippen LogP contribution in [-0.2, 0) is 32.2 Å². The second-order valence-electron chi connectivity index (χ2n) is 13.2. The minimum Gasteiger partial charge on any atom is -0.461 e. The van der Waals surface area contributed by atoms with Crippen molar-refractivity contribution in [1.29, 1.82) is 0 Å². The fourth-order valence-corrected chi connectivity index (χ4v) is 5.22. The van der Waals surface area contributed by atoms with Crippen LogP contribution < -0.4 is 0 Å². The molecule has 0 aromatic carbocycles. The molecule has 48 heavy (non-hydrogen) atoms. The van der Waals surface area contributed by atoms with E-state index in [-0.39, 0.29) is 13.2 Å². The fraction of sp³-hybridized carbons (Fsp3) is 0.650. The van der Waals surface area contributed by atoms with Gasteiger partial charge in [-0.2, -0.15) is 0 Å². The summed E-state index contributed by atoms with van der Waals surface area (Å²) in [4.78, 5) is 33.7. The second-order valence-corrected chi connectivity index (χ2v) is 15.2. The topological polar surface area (TPSA) is 81.6 Å². The zero-order chi connectivity index (χ0) is 35.3. The molecule has 0 atom stereocenters. The maximum absolute atomic E-state index is 11.2. The lowest BCUT2D eigenvalue weighted by molar-refractivity contribution is -0.151. The van der Waals surface area contributed by atoms with Gasteiger partial charge in [-0.25, -0.2) is 4.79 Å². The molecule has 0 amide bonds. The number of unbranched alkanes of at least 4 members (excludes halogenated alkanes) is 15. The summed E-state index contributed by atoms with van der Waals surface area (Å²) in [7, 11) is 0.